The van der Waals surface area contributed by atoms with Crippen molar-refractivity contribution < 1.29 is 14.3 Å². The van der Waals surface area contributed by atoms with Gasteiger partial charge in [0.05, 0.1) is 19.7 Å². The number of amides is 1. The minimum absolute atomic E-state index is 0.109. The third-order valence-electron chi connectivity index (χ3n) is 4.46. The molecular formula is C17H25N3O3. The Morgan fingerprint density at radius 2 is 2.30 bits per heavy atom. The van der Waals surface area contributed by atoms with Crippen LogP contribution in [0.1, 0.15) is 19.3 Å². The van der Waals surface area contributed by atoms with Gasteiger partial charge >= 0.3 is 0 Å². The van der Waals surface area contributed by atoms with Gasteiger partial charge in [-0.25, -0.2) is 4.98 Å². The van der Waals surface area contributed by atoms with E-state index in [-0.39, 0.29) is 17.6 Å². The number of hydrogen-bond acceptors (Lipinski definition) is 5. The van der Waals surface area contributed by atoms with Crippen LogP contribution >= 0.6 is 0 Å². The van der Waals surface area contributed by atoms with Gasteiger partial charge < -0.3 is 19.3 Å². The summed E-state index contributed by atoms with van der Waals surface area (Å²) in [5.41, 5.74) is -0.217. The minimum Gasteiger partial charge on any atom is -0.474 e. The third kappa shape index (κ3) is 4.00. The van der Waals surface area contributed by atoms with Crippen molar-refractivity contribution in [2.75, 3.05) is 40.3 Å². The fourth-order valence-corrected chi connectivity index (χ4v) is 3.19. The van der Waals surface area contributed by atoms with Crippen molar-refractivity contribution >= 4 is 5.91 Å². The number of carbonyl (C=O) groups is 1. The van der Waals surface area contributed by atoms with Crippen LogP contribution in [0.2, 0.25) is 0 Å². The maximum Gasteiger partial charge on any atom is 0.224 e. The van der Waals surface area contributed by atoms with Crippen LogP contribution < -0.4 is 4.74 Å². The molecule has 0 aromatic carbocycles. The van der Waals surface area contributed by atoms with E-state index in [9.17, 15) is 4.79 Å². The summed E-state index contributed by atoms with van der Waals surface area (Å²) >= 11 is 0. The summed E-state index contributed by atoms with van der Waals surface area (Å²) in [5, 5.41) is 0. The molecule has 23 heavy (non-hydrogen) atoms. The number of nitrogens with zero attached hydrogens (tertiary/aromatic N) is 3. The normalized spacial score (nSPS) is 22.9. The van der Waals surface area contributed by atoms with Gasteiger partial charge in [0.15, 0.2) is 0 Å². The Hall–Kier alpha value is -1.66. The van der Waals surface area contributed by atoms with Crippen molar-refractivity contribution in [3.63, 3.8) is 0 Å². The Kier molecular flexibility index (Phi) is 4.82. The highest BCUT2D eigenvalue weighted by atomic mass is 16.5. The van der Waals surface area contributed by atoms with Crippen LogP contribution in [0.15, 0.2) is 24.4 Å². The zero-order chi connectivity index (χ0) is 16.3. The molecule has 3 rings (SSSR count). The second kappa shape index (κ2) is 6.84. The first-order valence-corrected chi connectivity index (χ1v) is 8.20. The van der Waals surface area contributed by atoms with Gasteiger partial charge in [0.1, 0.15) is 11.7 Å². The molecule has 1 atom stereocenters. The first-order valence-electron chi connectivity index (χ1n) is 8.20. The summed E-state index contributed by atoms with van der Waals surface area (Å²) in [6.45, 7) is 2.83. The quantitative estimate of drug-likeness (QED) is 0.815. The van der Waals surface area contributed by atoms with Gasteiger partial charge in [-0.2, -0.15) is 0 Å². The van der Waals surface area contributed by atoms with Crippen LogP contribution in [0.3, 0.4) is 0 Å². The van der Waals surface area contributed by atoms with E-state index < -0.39 is 0 Å². The number of pyridine rings is 1. The number of rotatable bonds is 5. The highest BCUT2D eigenvalue weighted by Gasteiger charge is 2.49. The number of ether oxygens (including phenoxy) is 2. The van der Waals surface area contributed by atoms with E-state index in [1.165, 1.54) is 0 Å². The molecule has 0 radical (unpaired) electrons. The molecule has 0 saturated carbocycles. The van der Waals surface area contributed by atoms with Crippen LogP contribution in [0, 0.1) is 0 Å². The van der Waals surface area contributed by atoms with E-state index in [4.69, 9.17) is 9.47 Å². The lowest BCUT2D eigenvalue weighted by molar-refractivity contribution is -0.193. The predicted molar refractivity (Wildman–Crippen MR) is 86.3 cm³/mol. The lowest BCUT2D eigenvalue weighted by Gasteiger charge is -2.53. The summed E-state index contributed by atoms with van der Waals surface area (Å²) in [4.78, 5) is 20.3. The smallest absolute Gasteiger partial charge is 0.224 e. The second-order valence-corrected chi connectivity index (χ2v) is 6.74. The molecule has 0 N–H and O–H groups in total. The van der Waals surface area contributed by atoms with E-state index in [0.29, 0.717) is 32.0 Å². The minimum atomic E-state index is -0.217. The second-order valence-electron chi connectivity index (χ2n) is 6.74. The van der Waals surface area contributed by atoms with Gasteiger partial charge in [-0.05, 0) is 20.2 Å². The Labute approximate surface area is 137 Å². The molecule has 6 heteroatoms. The Bertz CT molecular complexity index is 529. The average molecular weight is 319 g/mol. The summed E-state index contributed by atoms with van der Waals surface area (Å²) < 4.78 is 11.9. The van der Waals surface area contributed by atoms with Crippen molar-refractivity contribution in [2.24, 2.45) is 0 Å². The van der Waals surface area contributed by atoms with E-state index in [1.807, 2.05) is 42.1 Å². The Morgan fingerprint density at radius 3 is 3.00 bits per heavy atom. The van der Waals surface area contributed by atoms with E-state index in [1.54, 1.807) is 6.20 Å². The van der Waals surface area contributed by atoms with Gasteiger partial charge in [-0.3, -0.25) is 4.79 Å². The van der Waals surface area contributed by atoms with Gasteiger partial charge in [-0.15, -0.1) is 0 Å². The van der Waals surface area contributed by atoms with E-state index in [2.05, 4.69) is 4.98 Å². The maximum atomic E-state index is 12.1. The van der Waals surface area contributed by atoms with Crippen molar-refractivity contribution in [3.05, 3.63) is 24.4 Å². The van der Waals surface area contributed by atoms with Gasteiger partial charge in [-0.1, -0.05) is 6.07 Å². The summed E-state index contributed by atoms with van der Waals surface area (Å²) in [6.07, 6.45) is 4.10. The average Bonchev–Trinajstić information content (AvgIpc) is 2.51. The molecule has 0 aliphatic carbocycles. The largest absolute Gasteiger partial charge is 0.474 e. The molecule has 1 aromatic rings. The zero-order valence-electron chi connectivity index (χ0n) is 13.9. The topological polar surface area (TPSA) is 54.9 Å². The number of aromatic nitrogens is 1. The molecular weight excluding hydrogens is 294 g/mol. The fourth-order valence-electron chi connectivity index (χ4n) is 3.19. The van der Waals surface area contributed by atoms with Crippen LogP contribution in [0.5, 0.6) is 5.88 Å². The molecule has 2 fully saturated rings. The monoisotopic (exact) mass is 319 g/mol. The van der Waals surface area contributed by atoms with Crippen LogP contribution in [-0.2, 0) is 9.53 Å². The number of likely N-dealkylation sites (tertiary alicyclic amines) is 1. The molecule has 1 amide bonds. The fraction of sp³-hybridized carbons (Fsp3) is 0.647. The molecule has 3 heterocycles. The Morgan fingerprint density at radius 1 is 1.48 bits per heavy atom. The van der Waals surface area contributed by atoms with E-state index in [0.717, 1.165) is 19.4 Å². The van der Waals surface area contributed by atoms with Crippen LogP contribution in [-0.4, -0.2) is 72.7 Å². The molecule has 2 aliphatic rings. The summed E-state index contributed by atoms with van der Waals surface area (Å²) in [5.74, 6) is 0.869. The molecule has 126 valence electrons. The van der Waals surface area contributed by atoms with Crippen molar-refractivity contribution in [1.82, 2.24) is 14.8 Å². The molecule has 1 spiro atoms. The van der Waals surface area contributed by atoms with Crippen molar-refractivity contribution in [3.8, 4) is 5.88 Å². The third-order valence-corrected chi connectivity index (χ3v) is 4.46. The van der Waals surface area contributed by atoms with Crippen molar-refractivity contribution in [1.29, 1.82) is 0 Å². The lowest BCUT2D eigenvalue weighted by Crippen LogP contribution is -2.67. The molecule has 0 unspecified atom stereocenters. The van der Waals surface area contributed by atoms with Gasteiger partial charge in [0, 0.05) is 38.1 Å². The van der Waals surface area contributed by atoms with Crippen molar-refractivity contribution in [2.45, 2.75) is 31.0 Å². The first-order chi connectivity index (χ1) is 11.1. The Balaban J connectivity index is 1.49. The summed E-state index contributed by atoms with van der Waals surface area (Å²) in [7, 11) is 3.96. The van der Waals surface area contributed by atoms with Gasteiger partial charge in [0.25, 0.3) is 0 Å². The van der Waals surface area contributed by atoms with E-state index >= 15 is 0 Å². The maximum absolute atomic E-state index is 12.1. The number of hydrogen-bond donors (Lipinski definition) is 0. The highest BCUT2D eigenvalue weighted by Crippen LogP contribution is 2.35. The molecule has 0 bridgehead atoms. The molecule has 2 saturated heterocycles. The lowest BCUT2D eigenvalue weighted by atomic mass is 9.84. The van der Waals surface area contributed by atoms with Crippen LogP contribution in [0.4, 0.5) is 0 Å². The SMILES string of the molecule is CN(C)CCC(=O)N1CC2(C[C@H](Oc3ccccn3)CCO2)C1. The predicted octanol–water partition coefficient (Wildman–Crippen LogP) is 1.17. The zero-order valence-corrected chi connectivity index (χ0v) is 13.9. The standard InChI is InChI=1S/C17H25N3O3/c1-19(2)9-6-16(21)20-12-17(13-20)11-14(7-10-22-17)23-15-5-3-4-8-18-15/h3-5,8,14H,6-7,9-13H2,1-2H3/t14-/m1/s1. The molecule has 6 nitrogen and oxygen atoms in total. The summed E-state index contributed by atoms with van der Waals surface area (Å²) in [6, 6.07) is 5.67. The highest BCUT2D eigenvalue weighted by molar-refractivity contribution is 5.77. The van der Waals surface area contributed by atoms with Crippen LogP contribution in [0.25, 0.3) is 0 Å². The molecule has 2 aliphatic heterocycles. The number of carbonyl (C=O) groups excluding carboxylic acids is 1. The first kappa shape index (κ1) is 16.2. The van der Waals surface area contributed by atoms with Gasteiger partial charge in [0.2, 0.25) is 11.8 Å². The molecule has 1 aromatic heterocycles.